The van der Waals surface area contributed by atoms with Crippen LogP contribution in [0.5, 0.6) is 0 Å². The molecule has 1 amide bonds. The number of halogens is 1. The average molecular weight is 381 g/mol. The molecule has 0 bridgehead atoms. The Morgan fingerprint density at radius 1 is 1.19 bits per heavy atom. The zero-order valence-electron chi connectivity index (χ0n) is 16.5. The molecule has 3 rings (SSSR count). The summed E-state index contributed by atoms with van der Waals surface area (Å²) < 4.78 is 1.92. The zero-order valence-corrected chi connectivity index (χ0v) is 17.3. The average Bonchev–Trinajstić information content (AvgIpc) is 3.24. The smallest absolute Gasteiger partial charge is 0.224 e. The van der Waals surface area contributed by atoms with Crippen LogP contribution in [0.4, 0.5) is 0 Å². The molecule has 0 saturated carbocycles. The number of aryl methyl sites for hydroxylation is 1. The lowest BCUT2D eigenvalue weighted by Gasteiger charge is -2.37. The number of hydrogen-bond donors (Lipinski definition) is 0. The molecule has 146 valence electrons. The molecule has 5 nitrogen and oxygen atoms in total. The van der Waals surface area contributed by atoms with Crippen LogP contribution in [0.15, 0.2) is 0 Å². The summed E-state index contributed by atoms with van der Waals surface area (Å²) >= 11 is 6.27. The second-order valence-corrected chi connectivity index (χ2v) is 8.43. The highest BCUT2D eigenvalue weighted by atomic mass is 35.5. The van der Waals surface area contributed by atoms with E-state index in [2.05, 4.69) is 21.8 Å². The van der Waals surface area contributed by atoms with E-state index in [1.807, 2.05) is 18.5 Å². The van der Waals surface area contributed by atoms with Gasteiger partial charge in [-0.2, -0.15) is 5.10 Å². The van der Waals surface area contributed by atoms with Gasteiger partial charge in [0.05, 0.1) is 22.5 Å². The Morgan fingerprint density at radius 3 is 2.54 bits per heavy atom. The van der Waals surface area contributed by atoms with Gasteiger partial charge in [-0.05, 0) is 72.4 Å². The third-order valence-electron chi connectivity index (χ3n) is 6.05. The quantitative estimate of drug-likeness (QED) is 0.749. The SMILES string of the molecule is Cc1nn([C@@H](C)CC(=O)N2CCCC[C@H]2CCN2CCCC2)c(C)c1Cl. The Labute approximate surface area is 162 Å². The summed E-state index contributed by atoms with van der Waals surface area (Å²) in [5.41, 5.74) is 1.79. The van der Waals surface area contributed by atoms with Crippen LogP contribution in [0.2, 0.25) is 5.02 Å². The van der Waals surface area contributed by atoms with Gasteiger partial charge < -0.3 is 9.80 Å². The number of piperidine rings is 1. The first-order valence-corrected chi connectivity index (χ1v) is 10.6. The molecule has 1 aromatic rings. The van der Waals surface area contributed by atoms with E-state index in [0.717, 1.165) is 43.7 Å². The van der Waals surface area contributed by atoms with E-state index < -0.39 is 0 Å². The monoisotopic (exact) mass is 380 g/mol. The predicted octanol–water partition coefficient (Wildman–Crippen LogP) is 3.97. The number of hydrogen-bond acceptors (Lipinski definition) is 3. The molecule has 2 saturated heterocycles. The Kier molecular flexibility index (Phi) is 6.62. The van der Waals surface area contributed by atoms with Gasteiger partial charge in [0.2, 0.25) is 5.91 Å². The van der Waals surface area contributed by atoms with E-state index in [4.69, 9.17) is 11.6 Å². The largest absolute Gasteiger partial charge is 0.340 e. The molecule has 2 aliphatic rings. The maximum absolute atomic E-state index is 13.0. The minimum atomic E-state index is 0.0369. The molecule has 2 aliphatic heterocycles. The normalized spacial score (nSPS) is 22.8. The van der Waals surface area contributed by atoms with Crippen molar-refractivity contribution in [1.82, 2.24) is 19.6 Å². The van der Waals surface area contributed by atoms with Crippen molar-refractivity contribution in [3.8, 4) is 0 Å². The highest BCUT2D eigenvalue weighted by Gasteiger charge is 2.29. The number of carbonyl (C=O) groups excluding carboxylic acids is 1. The van der Waals surface area contributed by atoms with Crippen molar-refractivity contribution in [3.63, 3.8) is 0 Å². The van der Waals surface area contributed by atoms with Crippen LogP contribution in [-0.2, 0) is 4.79 Å². The fourth-order valence-electron chi connectivity index (χ4n) is 4.50. The van der Waals surface area contributed by atoms with Crippen LogP contribution in [0.1, 0.15) is 69.3 Å². The van der Waals surface area contributed by atoms with Gasteiger partial charge in [-0.1, -0.05) is 11.6 Å². The summed E-state index contributed by atoms with van der Waals surface area (Å²) in [5.74, 6) is 0.271. The molecule has 26 heavy (non-hydrogen) atoms. The zero-order chi connectivity index (χ0) is 18.7. The van der Waals surface area contributed by atoms with Gasteiger partial charge in [-0.3, -0.25) is 9.48 Å². The topological polar surface area (TPSA) is 41.4 Å². The molecule has 0 spiro atoms. The molecule has 0 aliphatic carbocycles. The molecular weight excluding hydrogens is 348 g/mol. The van der Waals surface area contributed by atoms with Crippen molar-refractivity contribution in [1.29, 1.82) is 0 Å². The van der Waals surface area contributed by atoms with Gasteiger partial charge in [-0.25, -0.2) is 0 Å². The Balaban J connectivity index is 1.59. The van der Waals surface area contributed by atoms with E-state index in [0.29, 0.717) is 17.5 Å². The van der Waals surface area contributed by atoms with Crippen molar-refractivity contribution >= 4 is 17.5 Å². The number of carbonyl (C=O) groups is 1. The molecule has 2 fully saturated rings. The summed E-state index contributed by atoms with van der Waals surface area (Å²) in [6.07, 6.45) is 7.80. The molecule has 0 aromatic carbocycles. The third-order valence-corrected chi connectivity index (χ3v) is 6.60. The summed E-state index contributed by atoms with van der Waals surface area (Å²) in [7, 11) is 0. The van der Waals surface area contributed by atoms with Crippen molar-refractivity contribution in [2.24, 2.45) is 0 Å². The van der Waals surface area contributed by atoms with E-state index in [9.17, 15) is 4.79 Å². The Morgan fingerprint density at radius 2 is 1.88 bits per heavy atom. The van der Waals surface area contributed by atoms with Crippen LogP contribution < -0.4 is 0 Å². The van der Waals surface area contributed by atoms with Crippen LogP contribution >= 0.6 is 11.6 Å². The lowest BCUT2D eigenvalue weighted by Crippen LogP contribution is -2.45. The first kappa shape index (κ1) is 19.7. The standard InChI is InChI=1S/C20H33ClN4O/c1-15(25-17(3)20(21)16(2)22-25)14-19(26)24-12-5-4-8-18(24)9-13-23-10-6-7-11-23/h15,18H,4-14H2,1-3H3/t15-,18-/m0/s1. The van der Waals surface area contributed by atoms with Crippen molar-refractivity contribution in [3.05, 3.63) is 16.4 Å². The number of nitrogens with zero attached hydrogens (tertiary/aromatic N) is 4. The molecular formula is C20H33ClN4O. The van der Waals surface area contributed by atoms with Gasteiger partial charge in [0, 0.05) is 25.6 Å². The molecule has 3 heterocycles. The van der Waals surface area contributed by atoms with Crippen LogP contribution in [0.3, 0.4) is 0 Å². The molecule has 2 atom stereocenters. The van der Waals surface area contributed by atoms with Crippen molar-refractivity contribution < 1.29 is 4.79 Å². The maximum Gasteiger partial charge on any atom is 0.224 e. The number of amides is 1. The summed E-state index contributed by atoms with van der Waals surface area (Å²) in [5, 5.41) is 5.24. The van der Waals surface area contributed by atoms with Crippen LogP contribution in [0, 0.1) is 13.8 Å². The first-order valence-electron chi connectivity index (χ1n) is 10.2. The number of aromatic nitrogens is 2. The van der Waals surface area contributed by atoms with E-state index in [-0.39, 0.29) is 11.9 Å². The van der Waals surface area contributed by atoms with Gasteiger partial charge in [0.15, 0.2) is 0 Å². The van der Waals surface area contributed by atoms with E-state index >= 15 is 0 Å². The lowest BCUT2D eigenvalue weighted by molar-refractivity contribution is -0.135. The van der Waals surface area contributed by atoms with Gasteiger partial charge in [0.25, 0.3) is 0 Å². The minimum absolute atomic E-state index is 0.0369. The summed E-state index contributed by atoms with van der Waals surface area (Å²) in [4.78, 5) is 17.7. The minimum Gasteiger partial charge on any atom is -0.340 e. The Bertz CT molecular complexity index is 624. The lowest BCUT2D eigenvalue weighted by atomic mass is 9.98. The van der Waals surface area contributed by atoms with Crippen molar-refractivity contribution in [2.45, 2.75) is 77.8 Å². The van der Waals surface area contributed by atoms with Crippen LogP contribution in [-0.4, -0.2) is 57.7 Å². The fraction of sp³-hybridized carbons (Fsp3) is 0.800. The molecule has 1 aromatic heterocycles. The van der Waals surface area contributed by atoms with Crippen molar-refractivity contribution in [2.75, 3.05) is 26.2 Å². The number of rotatable bonds is 6. The highest BCUT2D eigenvalue weighted by Crippen LogP contribution is 2.26. The van der Waals surface area contributed by atoms with E-state index in [1.165, 1.54) is 32.4 Å². The van der Waals surface area contributed by atoms with Gasteiger partial charge in [-0.15, -0.1) is 0 Å². The molecule has 0 N–H and O–H groups in total. The van der Waals surface area contributed by atoms with Gasteiger partial charge >= 0.3 is 0 Å². The van der Waals surface area contributed by atoms with Crippen LogP contribution in [0.25, 0.3) is 0 Å². The predicted molar refractivity (Wildman–Crippen MR) is 106 cm³/mol. The first-order chi connectivity index (χ1) is 12.5. The second kappa shape index (κ2) is 8.75. The van der Waals surface area contributed by atoms with E-state index in [1.54, 1.807) is 0 Å². The summed E-state index contributed by atoms with van der Waals surface area (Å²) in [6.45, 7) is 10.5. The second-order valence-electron chi connectivity index (χ2n) is 8.06. The van der Waals surface area contributed by atoms with Gasteiger partial charge in [0.1, 0.15) is 0 Å². The highest BCUT2D eigenvalue weighted by molar-refractivity contribution is 6.31. The Hall–Kier alpha value is -1.07. The summed E-state index contributed by atoms with van der Waals surface area (Å²) in [6, 6.07) is 0.447. The molecule has 0 radical (unpaired) electrons. The third kappa shape index (κ3) is 4.42. The molecule has 6 heteroatoms. The maximum atomic E-state index is 13.0. The number of likely N-dealkylation sites (tertiary alicyclic amines) is 2. The molecule has 0 unspecified atom stereocenters. The fourth-order valence-corrected chi connectivity index (χ4v) is 4.62.